The predicted molar refractivity (Wildman–Crippen MR) is 105 cm³/mol. The SMILES string of the molecule is COc1ccc(Cc2ccc(-c3ccc(C(N)=O)c(C(N)=O)c3)cc2)cc1. The van der Waals surface area contributed by atoms with Gasteiger partial charge in [-0.2, -0.15) is 0 Å². The second kappa shape index (κ2) is 7.74. The highest BCUT2D eigenvalue weighted by atomic mass is 16.5. The van der Waals surface area contributed by atoms with Gasteiger partial charge in [-0.1, -0.05) is 42.5 Å². The van der Waals surface area contributed by atoms with Gasteiger partial charge in [-0.3, -0.25) is 9.59 Å². The van der Waals surface area contributed by atoms with E-state index in [0.717, 1.165) is 28.9 Å². The molecule has 0 aromatic heterocycles. The van der Waals surface area contributed by atoms with E-state index in [1.807, 2.05) is 48.5 Å². The maximum absolute atomic E-state index is 11.6. The summed E-state index contributed by atoms with van der Waals surface area (Å²) in [4.78, 5) is 23.1. The molecule has 27 heavy (non-hydrogen) atoms. The molecule has 4 N–H and O–H groups in total. The van der Waals surface area contributed by atoms with Crippen LogP contribution in [0.1, 0.15) is 31.8 Å². The van der Waals surface area contributed by atoms with Gasteiger partial charge in [0.2, 0.25) is 11.8 Å². The summed E-state index contributed by atoms with van der Waals surface area (Å²) in [5.74, 6) is -0.522. The highest BCUT2D eigenvalue weighted by molar-refractivity contribution is 6.06. The molecule has 0 heterocycles. The molecule has 136 valence electrons. The van der Waals surface area contributed by atoms with Gasteiger partial charge in [0, 0.05) is 0 Å². The first-order valence-electron chi connectivity index (χ1n) is 8.44. The third-order valence-electron chi connectivity index (χ3n) is 4.41. The summed E-state index contributed by atoms with van der Waals surface area (Å²) in [6.45, 7) is 0. The number of hydrogen-bond acceptors (Lipinski definition) is 3. The average molecular weight is 360 g/mol. The predicted octanol–water partition coefficient (Wildman–Crippen LogP) is 3.15. The molecule has 5 heteroatoms. The smallest absolute Gasteiger partial charge is 0.249 e. The summed E-state index contributed by atoms with van der Waals surface area (Å²) in [7, 11) is 1.65. The van der Waals surface area contributed by atoms with Gasteiger partial charge in [0.25, 0.3) is 0 Å². The molecule has 0 spiro atoms. The van der Waals surface area contributed by atoms with Gasteiger partial charge in [0.15, 0.2) is 0 Å². The Bertz CT molecular complexity index is 977. The Morgan fingerprint density at radius 1 is 0.741 bits per heavy atom. The van der Waals surface area contributed by atoms with Crippen molar-refractivity contribution in [2.45, 2.75) is 6.42 Å². The van der Waals surface area contributed by atoms with Gasteiger partial charge < -0.3 is 16.2 Å². The maximum atomic E-state index is 11.6. The molecular weight excluding hydrogens is 340 g/mol. The van der Waals surface area contributed by atoms with Gasteiger partial charge in [-0.05, 0) is 52.9 Å². The van der Waals surface area contributed by atoms with Crippen molar-refractivity contribution in [2.75, 3.05) is 7.11 Å². The van der Waals surface area contributed by atoms with Crippen molar-refractivity contribution in [3.8, 4) is 16.9 Å². The Hall–Kier alpha value is -3.60. The van der Waals surface area contributed by atoms with Crippen LogP contribution in [0.4, 0.5) is 0 Å². The summed E-state index contributed by atoms with van der Waals surface area (Å²) >= 11 is 0. The zero-order valence-corrected chi connectivity index (χ0v) is 14.9. The lowest BCUT2D eigenvalue weighted by Crippen LogP contribution is -2.20. The van der Waals surface area contributed by atoms with Gasteiger partial charge >= 0.3 is 0 Å². The first kappa shape index (κ1) is 18.2. The summed E-state index contributed by atoms with van der Waals surface area (Å²) < 4.78 is 5.17. The van der Waals surface area contributed by atoms with Crippen molar-refractivity contribution in [3.05, 3.63) is 89.0 Å². The Kier molecular flexibility index (Phi) is 5.22. The third-order valence-corrected chi connectivity index (χ3v) is 4.41. The summed E-state index contributed by atoms with van der Waals surface area (Å²) in [6.07, 6.45) is 0.803. The van der Waals surface area contributed by atoms with Crippen molar-refractivity contribution in [3.63, 3.8) is 0 Å². The zero-order valence-electron chi connectivity index (χ0n) is 14.9. The van der Waals surface area contributed by atoms with Crippen LogP contribution in [0.2, 0.25) is 0 Å². The van der Waals surface area contributed by atoms with Gasteiger partial charge in [0.05, 0.1) is 18.2 Å². The first-order valence-corrected chi connectivity index (χ1v) is 8.44. The molecule has 0 unspecified atom stereocenters. The fourth-order valence-corrected chi connectivity index (χ4v) is 2.94. The monoisotopic (exact) mass is 360 g/mol. The largest absolute Gasteiger partial charge is 0.497 e. The summed E-state index contributed by atoms with van der Waals surface area (Å²) in [5.41, 5.74) is 15.0. The fraction of sp³-hybridized carbons (Fsp3) is 0.0909. The van der Waals surface area contributed by atoms with Crippen LogP contribution in [0.15, 0.2) is 66.7 Å². The number of methoxy groups -OCH3 is 1. The molecule has 0 saturated carbocycles. The highest BCUT2D eigenvalue weighted by Crippen LogP contribution is 2.24. The Morgan fingerprint density at radius 2 is 1.26 bits per heavy atom. The summed E-state index contributed by atoms with van der Waals surface area (Å²) in [5, 5.41) is 0. The minimum atomic E-state index is -0.679. The molecule has 0 aliphatic rings. The molecule has 0 fully saturated rings. The Balaban J connectivity index is 1.83. The van der Waals surface area contributed by atoms with Gasteiger partial charge in [-0.15, -0.1) is 0 Å². The molecule has 0 aliphatic heterocycles. The fourth-order valence-electron chi connectivity index (χ4n) is 2.94. The van der Waals surface area contributed by atoms with Crippen molar-refractivity contribution in [2.24, 2.45) is 11.5 Å². The van der Waals surface area contributed by atoms with Crippen LogP contribution in [0.25, 0.3) is 11.1 Å². The molecule has 3 aromatic rings. The van der Waals surface area contributed by atoms with E-state index in [9.17, 15) is 9.59 Å². The molecule has 0 radical (unpaired) electrons. The first-order chi connectivity index (χ1) is 13.0. The van der Waals surface area contributed by atoms with Crippen LogP contribution >= 0.6 is 0 Å². The number of benzene rings is 3. The molecule has 2 amide bonds. The van der Waals surface area contributed by atoms with Crippen LogP contribution in [0.5, 0.6) is 5.75 Å². The van der Waals surface area contributed by atoms with Gasteiger partial charge in [0.1, 0.15) is 5.75 Å². The topological polar surface area (TPSA) is 95.4 Å². The Morgan fingerprint density at radius 3 is 1.78 bits per heavy atom. The molecule has 3 aromatic carbocycles. The number of carbonyl (C=O) groups excluding carboxylic acids is 2. The number of ether oxygens (including phenoxy) is 1. The van der Waals surface area contributed by atoms with Crippen LogP contribution in [0, 0.1) is 0 Å². The molecule has 3 rings (SSSR count). The van der Waals surface area contributed by atoms with Crippen LogP contribution < -0.4 is 16.2 Å². The molecule has 0 bridgehead atoms. The number of nitrogens with two attached hydrogens (primary N) is 2. The molecule has 0 atom stereocenters. The standard InChI is InChI=1S/C22H20N2O3/c1-27-18-9-4-15(5-10-18)12-14-2-6-16(7-3-14)17-8-11-19(21(23)25)20(13-17)22(24)26/h2-11,13H,12H2,1H3,(H2,23,25)(H2,24,26). The lowest BCUT2D eigenvalue weighted by atomic mass is 9.96. The maximum Gasteiger partial charge on any atom is 0.249 e. The number of primary amides is 2. The van der Waals surface area contributed by atoms with Crippen LogP contribution in [0.3, 0.4) is 0 Å². The van der Waals surface area contributed by atoms with Crippen LogP contribution in [-0.4, -0.2) is 18.9 Å². The second-order valence-corrected chi connectivity index (χ2v) is 6.21. The highest BCUT2D eigenvalue weighted by Gasteiger charge is 2.14. The lowest BCUT2D eigenvalue weighted by molar-refractivity contribution is 0.0967. The van der Waals surface area contributed by atoms with E-state index in [1.54, 1.807) is 19.2 Å². The Labute approximate surface area is 157 Å². The van der Waals surface area contributed by atoms with E-state index in [-0.39, 0.29) is 11.1 Å². The molecular formula is C22H20N2O3. The minimum Gasteiger partial charge on any atom is -0.497 e. The van der Waals surface area contributed by atoms with Crippen molar-refractivity contribution in [1.29, 1.82) is 0 Å². The van der Waals surface area contributed by atoms with E-state index in [2.05, 4.69) is 0 Å². The van der Waals surface area contributed by atoms with E-state index in [0.29, 0.717) is 0 Å². The molecule has 5 nitrogen and oxygen atoms in total. The third kappa shape index (κ3) is 4.15. The van der Waals surface area contributed by atoms with E-state index in [1.165, 1.54) is 11.6 Å². The summed E-state index contributed by atoms with van der Waals surface area (Å²) in [6, 6.07) is 20.9. The number of rotatable bonds is 6. The van der Waals surface area contributed by atoms with Crippen LogP contribution in [-0.2, 0) is 6.42 Å². The van der Waals surface area contributed by atoms with Crippen molar-refractivity contribution < 1.29 is 14.3 Å². The second-order valence-electron chi connectivity index (χ2n) is 6.21. The quantitative estimate of drug-likeness (QED) is 0.707. The van der Waals surface area contributed by atoms with E-state index in [4.69, 9.17) is 16.2 Å². The van der Waals surface area contributed by atoms with E-state index >= 15 is 0 Å². The molecule has 0 saturated heterocycles. The zero-order chi connectivity index (χ0) is 19.4. The van der Waals surface area contributed by atoms with Gasteiger partial charge in [-0.25, -0.2) is 0 Å². The average Bonchev–Trinajstić information content (AvgIpc) is 2.68. The number of amides is 2. The number of carbonyl (C=O) groups is 2. The lowest BCUT2D eigenvalue weighted by Gasteiger charge is -2.09. The normalized spacial score (nSPS) is 10.4. The van der Waals surface area contributed by atoms with E-state index < -0.39 is 11.8 Å². The minimum absolute atomic E-state index is 0.127. The number of hydrogen-bond donors (Lipinski definition) is 2. The molecule has 0 aliphatic carbocycles. The van der Waals surface area contributed by atoms with Crippen molar-refractivity contribution in [1.82, 2.24) is 0 Å². The van der Waals surface area contributed by atoms with Crippen molar-refractivity contribution >= 4 is 11.8 Å².